The zero-order chi connectivity index (χ0) is 19.5. The van der Waals surface area contributed by atoms with Gasteiger partial charge in [0.2, 0.25) is 0 Å². The predicted octanol–water partition coefficient (Wildman–Crippen LogP) is 4.89. The molecule has 1 unspecified atom stereocenters. The van der Waals surface area contributed by atoms with E-state index in [9.17, 15) is 9.18 Å². The van der Waals surface area contributed by atoms with Crippen molar-refractivity contribution >= 4 is 28.6 Å². The number of aryl methyl sites for hydroxylation is 1. The molecule has 4 rings (SSSR count). The fourth-order valence-electron chi connectivity index (χ4n) is 3.54. The number of thiophene rings is 1. The number of benzene rings is 1. The van der Waals surface area contributed by atoms with E-state index in [0.717, 1.165) is 23.7 Å². The number of amides is 1. The summed E-state index contributed by atoms with van der Waals surface area (Å²) in [5.74, 6) is -0.374. The van der Waals surface area contributed by atoms with E-state index in [1.807, 2.05) is 6.92 Å². The molecule has 3 aromatic rings. The van der Waals surface area contributed by atoms with Gasteiger partial charge in [0.15, 0.2) is 0 Å². The average molecular weight is 416 g/mol. The number of likely N-dealkylation sites (tertiary alicyclic amines) is 1. The number of carbonyl (C=O) groups excluding carboxylic acids is 1. The van der Waals surface area contributed by atoms with Crippen molar-refractivity contribution in [3.8, 4) is 10.6 Å². The topological polar surface area (TPSA) is 45.2 Å². The molecule has 1 fully saturated rings. The maximum Gasteiger partial charge on any atom is 0.263 e. The van der Waals surface area contributed by atoms with Crippen LogP contribution in [-0.2, 0) is 0 Å². The van der Waals surface area contributed by atoms with Crippen LogP contribution in [0.1, 0.15) is 39.1 Å². The first-order valence-corrected chi connectivity index (χ1v) is 11.1. The van der Waals surface area contributed by atoms with Crippen molar-refractivity contribution in [1.82, 2.24) is 15.2 Å². The molecule has 0 spiro atoms. The Hall–Kier alpha value is -2.09. The van der Waals surface area contributed by atoms with E-state index >= 15 is 0 Å². The molecule has 7 heteroatoms. The molecule has 1 aliphatic rings. The van der Waals surface area contributed by atoms with Crippen molar-refractivity contribution in [1.29, 1.82) is 0 Å². The second-order valence-corrected chi connectivity index (χ2v) is 8.90. The Bertz CT molecular complexity index is 931. The number of aromatic nitrogens is 1. The first kappa shape index (κ1) is 19.2. The van der Waals surface area contributed by atoms with E-state index in [1.54, 1.807) is 23.5 Å². The summed E-state index contributed by atoms with van der Waals surface area (Å²) in [6.07, 6.45) is 2.43. The van der Waals surface area contributed by atoms with Crippen LogP contribution in [0.3, 0.4) is 0 Å². The van der Waals surface area contributed by atoms with Crippen LogP contribution in [0.25, 0.3) is 10.6 Å². The zero-order valence-electron chi connectivity index (χ0n) is 15.7. The maximum absolute atomic E-state index is 13.2. The highest BCUT2D eigenvalue weighted by molar-refractivity contribution is 7.17. The highest BCUT2D eigenvalue weighted by atomic mass is 32.1. The van der Waals surface area contributed by atoms with Gasteiger partial charge in [-0.3, -0.25) is 9.69 Å². The van der Waals surface area contributed by atoms with Crippen molar-refractivity contribution in [3.63, 3.8) is 0 Å². The largest absolute Gasteiger partial charge is 0.349 e. The standard InChI is InChI=1S/C21H22FN3OS2/c1-14-19(28-21(24-14)15-6-8-16(22)9-7-15)20(26)23-13-17(18-5-4-12-27-18)25-10-2-3-11-25/h4-9,12,17H,2-3,10-11,13H2,1H3,(H,23,26). The van der Waals surface area contributed by atoms with Gasteiger partial charge in [-0.05, 0) is 68.6 Å². The molecule has 146 valence electrons. The van der Waals surface area contributed by atoms with Crippen LogP contribution in [0.5, 0.6) is 0 Å². The Morgan fingerprint density at radius 1 is 1.25 bits per heavy atom. The van der Waals surface area contributed by atoms with Crippen LogP contribution in [0.15, 0.2) is 41.8 Å². The Morgan fingerprint density at radius 2 is 2.00 bits per heavy atom. The number of carbonyl (C=O) groups is 1. The number of hydrogen-bond donors (Lipinski definition) is 1. The molecule has 3 heterocycles. The molecule has 28 heavy (non-hydrogen) atoms. The predicted molar refractivity (Wildman–Crippen MR) is 112 cm³/mol. The number of nitrogens with zero attached hydrogens (tertiary/aromatic N) is 2. The molecule has 0 radical (unpaired) electrons. The fourth-order valence-corrected chi connectivity index (χ4v) is 5.39. The minimum absolute atomic E-state index is 0.0934. The summed E-state index contributed by atoms with van der Waals surface area (Å²) in [4.78, 5) is 21.7. The number of nitrogens with one attached hydrogen (secondary N) is 1. The molecular weight excluding hydrogens is 393 g/mol. The summed E-state index contributed by atoms with van der Waals surface area (Å²) >= 11 is 3.09. The summed E-state index contributed by atoms with van der Waals surface area (Å²) in [5, 5.41) is 5.93. The second-order valence-electron chi connectivity index (χ2n) is 6.92. The highest BCUT2D eigenvalue weighted by Gasteiger charge is 2.25. The first-order chi connectivity index (χ1) is 13.6. The maximum atomic E-state index is 13.2. The van der Waals surface area contributed by atoms with Crippen molar-refractivity contribution in [2.75, 3.05) is 19.6 Å². The molecule has 0 saturated carbocycles. The molecule has 1 saturated heterocycles. The highest BCUT2D eigenvalue weighted by Crippen LogP contribution is 2.30. The van der Waals surface area contributed by atoms with Gasteiger partial charge >= 0.3 is 0 Å². The third kappa shape index (κ3) is 4.16. The van der Waals surface area contributed by atoms with Gasteiger partial charge < -0.3 is 5.32 Å². The lowest BCUT2D eigenvalue weighted by molar-refractivity contribution is 0.0941. The van der Waals surface area contributed by atoms with Crippen LogP contribution in [-0.4, -0.2) is 35.4 Å². The molecule has 1 aromatic carbocycles. The fraction of sp³-hybridized carbons (Fsp3) is 0.333. The molecule has 4 nitrogen and oxygen atoms in total. The zero-order valence-corrected chi connectivity index (χ0v) is 17.3. The third-order valence-corrected chi connectivity index (χ3v) is 7.18. The number of rotatable bonds is 6. The lowest BCUT2D eigenvalue weighted by Gasteiger charge is -2.26. The van der Waals surface area contributed by atoms with Gasteiger partial charge in [-0.2, -0.15) is 0 Å². The van der Waals surface area contributed by atoms with Gasteiger partial charge in [0.1, 0.15) is 15.7 Å². The van der Waals surface area contributed by atoms with Gasteiger partial charge in [0.25, 0.3) is 5.91 Å². The molecule has 1 amide bonds. The van der Waals surface area contributed by atoms with Gasteiger partial charge in [-0.1, -0.05) is 6.07 Å². The van der Waals surface area contributed by atoms with Crippen molar-refractivity contribution in [2.45, 2.75) is 25.8 Å². The van der Waals surface area contributed by atoms with E-state index in [2.05, 4.69) is 32.7 Å². The first-order valence-electron chi connectivity index (χ1n) is 9.41. The van der Waals surface area contributed by atoms with Crippen LogP contribution < -0.4 is 5.32 Å². The van der Waals surface area contributed by atoms with E-state index < -0.39 is 0 Å². The second kappa shape index (κ2) is 8.51. The van der Waals surface area contributed by atoms with Crippen molar-refractivity contribution in [3.05, 3.63) is 63.0 Å². The Balaban J connectivity index is 1.47. The van der Waals surface area contributed by atoms with Gasteiger partial charge in [0.05, 0.1) is 11.7 Å². The van der Waals surface area contributed by atoms with Gasteiger partial charge in [-0.15, -0.1) is 22.7 Å². The lowest BCUT2D eigenvalue weighted by atomic mass is 10.2. The molecule has 0 aliphatic carbocycles. The third-order valence-electron chi connectivity index (χ3n) is 5.00. The lowest BCUT2D eigenvalue weighted by Crippen LogP contribution is -2.36. The molecule has 1 N–H and O–H groups in total. The van der Waals surface area contributed by atoms with Crippen LogP contribution >= 0.6 is 22.7 Å². The molecule has 1 atom stereocenters. The number of thiazole rings is 1. The van der Waals surface area contributed by atoms with Crippen LogP contribution in [0.2, 0.25) is 0 Å². The van der Waals surface area contributed by atoms with Gasteiger partial charge in [-0.25, -0.2) is 9.37 Å². The Kier molecular flexibility index (Phi) is 5.85. The quantitative estimate of drug-likeness (QED) is 0.624. The molecule has 0 bridgehead atoms. The van der Waals surface area contributed by atoms with Crippen molar-refractivity contribution < 1.29 is 9.18 Å². The van der Waals surface area contributed by atoms with E-state index in [-0.39, 0.29) is 17.8 Å². The molecule has 2 aromatic heterocycles. The summed E-state index contributed by atoms with van der Waals surface area (Å²) in [5.41, 5.74) is 1.53. The van der Waals surface area contributed by atoms with Crippen molar-refractivity contribution in [2.24, 2.45) is 0 Å². The normalized spacial score (nSPS) is 15.6. The van der Waals surface area contributed by atoms with E-state index in [1.165, 1.54) is 41.2 Å². The Labute approximate surface area is 172 Å². The number of hydrogen-bond acceptors (Lipinski definition) is 5. The van der Waals surface area contributed by atoms with Crippen LogP contribution in [0.4, 0.5) is 4.39 Å². The minimum atomic E-state index is -0.281. The van der Waals surface area contributed by atoms with E-state index in [0.29, 0.717) is 17.1 Å². The summed E-state index contributed by atoms with van der Waals surface area (Å²) < 4.78 is 13.2. The smallest absolute Gasteiger partial charge is 0.263 e. The summed E-state index contributed by atoms with van der Waals surface area (Å²) in [6, 6.07) is 10.6. The Morgan fingerprint density at radius 3 is 2.68 bits per heavy atom. The number of halogens is 1. The van der Waals surface area contributed by atoms with Crippen LogP contribution in [0, 0.1) is 12.7 Å². The summed E-state index contributed by atoms with van der Waals surface area (Å²) in [6.45, 7) is 4.58. The molecule has 1 aliphatic heterocycles. The minimum Gasteiger partial charge on any atom is -0.349 e. The summed E-state index contributed by atoms with van der Waals surface area (Å²) in [7, 11) is 0. The molecular formula is C21H22FN3OS2. The van der Waals surface area contributed by atoms with E-state index in [4.69, 9.17) is 0 Å². The monoisotopic (exact) mass is 415 g/mol. The SMILES string of the molecule is Cc1nc(-c2ccc(F)cc2)sc1C(=O)NCC(c1cccs1)N1CCCC1. The average Bonchev–Trinajstić information content (AvgIpc) is 3.45. The van der Waals surface area contributed by atoms with Gasteiger partial charge in [0, 0.05) is 17.0 Å².